The summed E-state index contributed by atoms with van der Waals surface area (Å²) in [4.78, 5) is 15.0. The fourth-order valence-electron chi connectivity index (χ4n) is 1.11. The van der Waals surface area contributed by atoms with E-state index in [4.69, 9.17) is 5.73 Å². The number of primary amides is 1. The third-order valence-electron chi connectivity index (χ3n) is 1.82. The van der Waals surface area contributed by atoms with Crippen molar-refractivity contribution in [1.29, 1.82) is 0 Å². The van der Waals surface area contributed by atoms with Crippen LogP contribution in [0.4, 0.5) is 0 Å². The fourth-order valence-corrected chi connectivity index (χ4v) is 1.55. The molecule has 2 rings (SSSR count). The van der Waals surface area contributed by atoms with Crippen molar-refractivity contribution in [3.05, 3.63) is 40.8 Å². The van der Waals surface area contributed by atoms with E-state index >= 15 is 0 Å². The van der Waals surface area contributed by atoms with Crippen LogP contribution in [0.15, 0.2) is 35.2 Å². The Morgan fingerprint density at radius 3 is 2.93 bits per heavy atom. The molecule has 0 aliphatic carbocycles. The largest absolute Gasteiger partial charge is 0.366 e. The molecule has 76 valence electrons. The van der Waals surface area contributed by atoms with Crippen molar-refractivity contribution < 1.29 is 4.79 Å². The molecule has 15 heavy (non-hydrogen) atoms. The van der Waals surface area contributed by atoms with Gasteiger partial charge in [-0.2, -0.15) is 5.10 Å². The van der Waals surface area contributed by atoms with Crippen LogP contribution in [0.1, 0.15) is 10.4 Å². The summed E-state index contributed by atoms with van der Waals surface area (Å²) in [6, 6.07) is 3.64. The van der Waals surface area contributed by atoms with E-state index < -0.39 is 5.91 Å². The first-order chi connectivity index (χ1) is 7.18. The average molecular weight is 267 g/mol. The summed E-state index contributed by atoms with van der Waals surface area (Å²) in [7, 11) is 0. The molecule has 0 saturated heterocycles. The van der Waals surface area contributed by atoms with Crippen LogP contribution in [-0.2, 0) is 0 Å². The van der Waals surface area contributed by atoms with E-state index in [-0.39, 0.29) is 0 Å². The van der Waals surface area contributed by atoms with Crippen LogP contribution in [0.25, 0.3) is 5.82 Å². The van der Waals surface area contributed by atoms with Gasteiger partial charge in [-0.1, -0.05) is 0 Å². The highest BCUT2D eigenvalue weighted by Crippen LogP contribution is 2.17. The van der Waals surface area contributed by atoms with Gasteiger partial charge in [-0.05, 0) is 28.1 Å². The van der Waals surface area contributed by atoms with E-state index in [9.17, 15) is 4.79 Å². The van der Waals surface area contributed by atoms with Gasteiger partial charge in [0.1, 0.15) is 0 Å². The van der Waals surface area contributed by atoms with Crippen molar-refractivity contribution in [2.75, 3.05) is 0 Å². The average Bonchev–Trinajstić information content (AvgIpc) is 2.67. The lowest BCUT2D eigenvalue weighted by molar-refractivity contribution is 0.100. The molecule has 0 aliphatic heterocycles. The monoisotopic (exact) mass is 266 g/mol. The first kappa shape index (κ1) is 9.85. The number of rotatable bonds is 2. The Kier molecular flexibility index (Phi) is 2.51. The van der Waals surface area contributed by atoms with E-state index in [1.54, 1.807) is 12.3 Å². The maximum Gasteiger partial charge on any atom is 0.251 e. The van der Waals surface area contributed by atoms with Gasteiger partial charge in [0.15, 0.2) is 5.82 Å². The van der Waals surface area contributed by atoms with Crippen molar-refractivity contribution in [1.82, 2.24) is 14.8 Å². The molecular formula is C9H7BrN4O. The van der Waals surface area contributed by atoms with Gasteiger partial charge >= 0.3 is 0 Å². The van der Waals surface area contributed by atoms with E-state index in [0.717, 1.165) is 4.47 Å². The van der Waals surface area contributed by atoms with Crippen LogP contribution in [0.5, 0.6) is 0 Å². The number of hydrogen-bond acceptors (Lipinski definition) is 3. The highest BCUT2D eigenvalue weighted by Gasteiger charge is 2.08. The van der Waals surface area contributed by atoms with Crippen molar-refractivity contribution in [3.63, 3.8) is 0 Å². The maximum absolute atomic E-state index is 10.9. The van der Waals surface area contributed by atoms with Gasteiger partial charge in [-0.15, -0.1) is 0 Å². The van der Waals surface area contributed by atoms with Gasteiger partial charge in [0.25, 0.3) is 5.91 Å². The molecule has 1 amide bonds. The molecule has 0 bridgehead atoms. The quantitative estimate of drug-likeness (QED) is 0.886. The number of carbonyl (C=O) groups excluding carboxylic acids is 1. The number of nitrogens with zero attached hydrogens (tertiary/aromatic N) is 3. The minimum atomic E-state index is -0.506. The van der Waals surface area contributed by atoms with Crippen molar-refractivity contribution in [3.8, 4) is 5.82 Å². The summed E-state index contributed by atoms with van der Waals surface area (Å²) < 4.78 is 2.29. The van der Waals surface area contributed by atoms with Crippen LogP contribution in [0.2, 0.25) is 0 Å². The topological polar surface area (TPSA) is 73.8 Å². The van der Waals surface area contributed by atoms with E-state index in [1.165, 1.54) is 17.1 Å². The second-order valence-corrected chi connectivity index (χ2v) is 3.70. The normalized spacial score (nSPS) is 10.2. The Morgan fingerprint density at radius 2 is 2.33 bits per heavy atom. The number of amides is 1. The molecule has 0 fully saturated rings. The van der Waals surface area contributed by atoms with Crippen molar-refractivity contribution in [2.24, 2.45) is 5.73 Å². The molecule has 6 heteroatoms. The molecule has 5 nitrogen and oxygen atoms in total. The van der Waals surface area contributed by atoms with Crippen molar-refractivity contribution in [2.45, 2.75) is 0 Å². The lowest BCUT2D eigenvalue weighted by Crippen LogP contribution is -2.09. The summed E-state index contributed by atoms with van der Waals surface area (Å²) in [6.07, 6.45) is 4.59. The van der Waals surface area contributed by atoms with Gasteiger partial charge in [0, 0.05) is 12.4 Å². The standard InChI is InChI=1S/C9H7BrN4O/c10-7-2-1-3-12-9(7)14-5-6(4-13-14)8(11)15/h1-5H,(H2,11,15). The molecule has 2 heterocycles. The summed E-state index contributed by atoms with van der Waals surface area (Å²) in [5.41, 5.74) is 5.47. The number of aromatic nitrogens is 3. The molecule has 0 aliphatic rings. The second-order valence-electron chi connectivity index (χ2n) is 2.85. The molecule has 2 N–H and O–H groups in total. The molecule has 2 aromatic rings. The van der Waals surface area contributed by atoms with Crippen molar-refractivity contribution >= 4 is 21.8 Å². The SMILES string of the molecule is NC(=O)c1cnn(-c2ncccc2Br)c1. The zero-order valence-electron chi connectivity index (χ0n) is 7.59. The summed E-state index contributed by atoms with van der Waals surface area (Å²) >= 11 is 3.34. The zero-order valence-corrected chi connectivity index (χ0v) is 9.18. The zero-order chi connectivity index (χ0) is 10.8. The number of halogens is 1. The Balaban J connectivity index is 2.46. The fraction of sp³-hybridized carbons (Fsp3) is 0. The number of pyridine rings is 1. The number of hydrogen-bond donors (Lipinski definition) is 1. The number of carbonyl (C=O) groups is 1. The molecule has 0 saturated carbocycles. The number of nitrogens with two attached hydrogens (primary N) is 1. The van der Waals surface area contributed by atoms with Gasteiger partial charge in [0.05, 0.1) is 16.2 Å². The van der Waals surface area contributed by atoms with Crippen LogP contribution >= 0.6 is 15.9 Å². The van der Waals surface area contributed by atoms with E-state index in [1.807, 2.05) is 6.07 Å². The lowest BCUT2D eigenvalue weighted by Gasteiger charge is -2.01. The molecule has 0 atom stereocenters. The van der Waals surface area contributed by atoms with Gasteiger partial charge in [0.2, 0.25) is 0 Å². The van der Waals surface area contributed by atoms with Crippen LogP contribution in [0.3, 0.4) is 0 Å². The third-order valence-corrected chi connectivity index (χ3v) is 2.44. The summed E-state index contributed by atoms with van der Waals surface area (Å²) in [5.74, 6) is 0.110. The molecule has 0 aromatic carbocycles. The predicted molar refractivity (Wildman–Crippen MR) is 57.6 cm³/mol. The Morgan fingerprint density at radius 1 is 1.53 bits per heavy atom. The Labute approximate surface area is 94.0 Å². The van der Waals surface area contributed by atoms with Crippen LogP contribution in [0, 0.1) is 0 Å². The van der Waals surface area contributed by atoms with E-state index in [2.05, 4.69) is 26.0 Å². The van der Waals surface area contributed by atoms with Gasteiger partial charge in [-0.25, -0.2) is 9.67 Å². The van der Waals surface area contributed by atoms with Gasteiger partial charge < -0.3 is 5.73 Å². The second kappa shape index (κ2) is 3.82. The molecule has 0 spiro atoms. The minimum Gasteiger partial charge on any atom is -0.366 e. The van der Waals surface area contributed by atoms with Crippen LogP contribution < -0.4 is 5.73 Å². The first-order valence-electron chi connectivity index (χ1n) is 4.14. The summed E-state index contributed by atoms with van der Waals surface area (Å²) in [5, 5.41) is 3.99. The highest BCUT2D eigenvalue weighted by atomic mass is 79.9. The first-order valence-corrected chi connectivity index (χ1v) is 4.93. The molecule has 0 radical (unpaired) electrons. The Hall–Kier alpha value is -1.69. The molecule has 2 aromatic heterocycles. The van der Waals surface area contributed by atoms with Gasteiger partial charge in [-0.3, -0.25) is 4.79 Å². The summed E-state index contributed by atoms with van der Waals surface area (Å²) in [6.45, 7) is 0. The smallest absolute Gasteiger partial charge is 0.251 e. The predicted octanol–water partition coefficient (Wildman–Crippen LogP) is 1.13. The molecular weight excluding hydrogens is 260 g/mol. The van der Waals surface area contributed by atoms with Crippen LogP contribution in [-0.4, -0.2) is 20.7 Å². The highest BCUT2D eigenvalue weighted by molar-refractivity contribution is 9.10. The Bertz CT molecular complexity index is 508. The third kappa shape index (κ3) is 1.89. The lowest BCUT2D eigenvalue weighted by atomic mass is 10.3. The minimum absolute atomic E-state index is 0.354. The molecule has 0 unspecified atom stereocenters. The maximum atomic E-state index is 10.9. The van der Waals surface area contributed by atoms with E-state index in [0.29, 0.717) is 11.4 Å².